The minimum absolute atomic E-state index is 0.0139. The van der Waals surface area contributed by atoms with Crippen molar-refractivity contribution in [2.45, 2.75) is 13.5 Å². The minimum atomic E-state index is -0.581. The van der Waals surface area contributed by atoms with Gasteiger partial charge in [-0.15, -0.1) is 0 Å². The number of aromatic amines is 1. The van der Waals surface area contributed by atoms with Crippen LogP contribution >= 0.6 is 0 Å². The molecular formula is C22H17FN6. The van der Waals surface area contributed by atoms with Crippen molar-refractivity contribution in [3.8, 4) is 28.6 Å². The van der Waals surface area contributed by atoms with Crippen LogP contribution in [0.2, 0.25) is 0 Å². The quantitative estimate of drug-likeness (QED) is 0.530. The lowest BCUT2D eigenvalue weighted by Crippen LogP contribution is -2.06. The van der Waals surface area contributed by atoms with Crippen molar-refractivity contribution in [3.63, 3.8) is 0 Å². The average molecular weight is 384 g/mol. The number of nitrogens with one attached hydrogen (secondary N) is 2. The summed E-state index contributed by atoms with van der Waals surface area (Å²) in [5.41, 5.74) is 4.20. The number of hydrogen-bond acceptors (Lipinski definition) is 5. The monoisotopic (exact) mass is 384 g/mol. The van der Waals surface area contributed by atoms with E-state index in [0.29, 0.717) is 18.2 Å². The normalized spacial score (nSPS) is 10.5. The summed E-state index contributed by atoms with van der Waals surface area (Å²) >= 11 is 0. The molecule has 0 aliphatic carbocycles. The molecule has 142 valence electrons. The highest BCUT2D eigenvalue weighted by Crippen LogP contribution is 2.26. The summed E-state index contributed by atoms with van der Waals surface area (Å²) < 4.78 is 14.6. The standard InChI is InChI=1S/C22H17FN6/c1-14-12-25-22(27-21(14)18-9-5-8-16(11-24)20(18)23)26-13-17-10-19(29-28-17)15-6-3-2-4-7-15/h2-10,12H,13H2,1H3,(H,28,29)(H,25,26,27). The van der Waals surface area contributed by atoms with Gasteiger partial charge in [0.05, 0.1) is 29.2 Å². The maximum Gasteiger partial charge on any atom is 0.223 e. The molecule has 0 amide bonds. The van der Waals surface area contributed by atoms with Gasteiger partial charge in [0.2, 0.25) is 5.95 Å². The predicted molar refractivity (Wildman–Crippen MR) is 108 cm³/mol. The van der Waals surface area contributed by atoms with Crippen LogP contribution in [0.25, 0.3) is 22.5 Å². The maximum absolute atomic E-state index is 14.6. The Balaban J connectivity index is 1.55. The van der Waals surface area contributed by atoms with E-state index in [1.807, 2.05) is 42.5 Å². The van der Waals surface area contributed by atoms with Crippen molar-refractivity contribution in [1.82, 2.24) is 20.2 Å². The number of aryl methyl sites for hydroxylation is 1. The molecule has 2 N–H and O–H groups in total. The number of benzene rings is 2. The molecule has 0 aliphatic heterocycles. The van der Waals surface area contributed by atoms with Crippen LogP contribution in [0.1, 0.15) is 16.8 Å². The summed E-state index contributed by atoms with van der Waals surface area (Å²) in [4.78, 5) is 8.72. The summed E-state index contributed by atoms with van der Waals surface area (Å²) in [5.74, 6) is -0.223. The predicted octanol–water partition coefficient (Wildman–Crippen LogP) is 4.47. The minimum Gasteiger partial charge on any atom is -0.348 e. The molecule has 6 nitrogen and oxygen atoms in total. The molecule has 0 aliphatic rings. The van der Waals surface area contributed by atoms with E-state index in [4.69, 9.17) is 5.26 Å². The van der Waals surface area contributed by atoms with E-state index in [-0.39, 0.29) is 11.1 Å². The summed E-state index contributed by atoms with van der Waals surface area (Å²) in [7, 11) is 0. The Labute approximate surface area is 167 Å². The van der Waals surface area contributed by atoms with E-state index in [1.165, 1.54) is 6.07 Å². The summed E-state index contributed by atoms with van der Waals surface area (Å²) in [5, 5.41) is 19.5. The highest BCUT2D eigenvalue weighted by Gasteiger charge is 2.14. The fraction of sp³-hybridized carbons (Fsp3) is 0.0909. The van der Waals surface area contributed by atoms with Gasteiger partial charge in [0.25, 0.3) is 0 Å². The van der Waals surface area contributed by atoms with Crippen LogP contribution in [0, 0.1) is 24.1 Å². The van der Waals surface area contributed by atoms with Gasteiger partial charge in [-0.1, -0.05) is 36.4 Å². The molecule has 2 aromatic heterocycles. The Morgan fingerprint density at radius 1 is 1.14 bits per heavy atom. The fourth-order valence-corrected chi connectivity index (χ4v) is 2.99. The molecule has 4 rings (SSSR count). The molecule has 0 bridgehead atoms. The molecule has 0 radical (unpaired) electrons. The van der Waals surface area contributed by atoms with Gasteiger partial charge in [-0.3, -0.25) is 5.10 Å². The third-order valence-electron chi connectivity index (χ3n) is 4.49. The maximum atomic E-state index is 14.6. The second-order valence-corrected chi connectivity index (χ2v) is 6.50. The summed E-state index contributed by atoms with van der Waals surface area (Å²) in [6.45, 7) is 2.21. The van der Waals surface area contributed by atoms with Gasteiger partial charge in [-0.2, -0.15) is 10.4 Å². The lowest BCUT2D eigenvalue weighted by Gasteiger charge is -2.09. The van der Waals surface area contributed by atoms with Gasteiger partial charge in [-0.05, 0) is 36.2 Å². The van der Waals surface area contributed by atoms with Gasteiger partial charge in [0, 0.05) is 11.8 Å². The van der Waals surface area contributed by atoms with Gasteiger partial charge >= 0.3 is 0 Å². The molecule has 4 aromatic rings. The molecule has 0 spiro atoms. The van der Waals surface area contributed by atoms with Gasteiger partial charge < -0.3 is 5.32 Å². The van der Waals surface area contributed by atoms with Crippen LogP contribution in [0.5, 0.6) is 0 Å². The molecule has 0 saturated carbocycles. The zero-order valence-electron chi connectivity index (χ0n) is 15.6. The molecule has 2 heterocycles. The first-order valence-electron chi connectivity index (χ1n) is 9.02. The van der Waals surface area contributed by atoms with E-state index in [2.05, 4.69) is 25.5 Å². The first-order chi connectivity index (χ1) is 14.2. The Bertz CT molecular complexity index is 1190. The number of aromatic nitrogens is 4. The van der Waals surface area contributed by atoms with Crippen LogP contribution in [0.3, 0.4) is 0 Å². The Hall–Kier alpha value is -4.05. The second-order valence-electron chi connectivity index (χ2n) is 6.50. The van der Waals surface area contributed by atoms with Crippen LogP contribution < -0.4 is 5.32 Å². The number of rotatable bonds is 5. The van der Waals surface area contributed by atoms with Crippen LogP contribution in [0.4, 0.5) is 10.3 Å². The zero-order valence-corrected chi connectivity index (χ0v) is 15.6. The van der Waals surface area contributed by atoms with Gasteiger partial charge in [0.15, 0.2) is 0 Å². The van der Waals surface area contributed by atoms with Crippen molar-refractivity contribution in [1.29, 1.82) is 5.26 Å². The number of halogens is 1. The number of anilines is 1. The van der Waals surface area contributed by atoms with Crippen molar-refractivity contribution in [2.24, 2.45) is 0 Å². The second kappa shape index (κ2) is 7.90. The van der Waals surface area contributed by atoms with Crippen molar-refractivity contribution in [2.75, 3.05) is 5.32 Å². The zero-order chi connectivity index (χ0) is 20.2. The van der Waals surface area contributed by atoms with E-state index >= 15 is 0 Å². The van der Waals surface area contributed by atoms with E-state index < -0.39 is 5.82 Å². The van der Waals surface area contributed by atoms with E-state index in [0.717, 1.165) is 22.5 Å². The lowest BCUT2D eigenvalue weighted by molar-refractivity contribution is 0.626. The Morgan fingerprint density at radius 2 is 1.97 bits per heavy atom. The largest absolute Gasteiger partial charge is 0.348 e. The third-order valence-corrected chi connectivity index (χ3v) is 4.49. The van der Waals surface area contributed by atoms with Gasteiger partial charge in [0.1, 0.15) is 11.9 Å². The Kier molecular flexibility index (Phi) is 4.99. The van der Waals surface area contributed by atoms with Crippen molar-refractivity contribution < 1.29 is 4.39 Å². The highest BCUT2D eigenvalue weighted by molar-refractivity contribution is 5.66. The van der Waals surface area contributed by atoms with Crippen molar-refractivity contribution in [3.05, 3.63) is 83.4 Å². The van der Waals surface area contributed by atoms with Gasteiger partial charge in [-0.25, -0.2) is 14.4 Å². The number of H-pyrrole nitrogens is 1. The number of nitrogens with zero attached hydrogens (tertiary/aromatic N) is 4. The number of nitriles is 1. The summed E-state index contributed by atoms with van der Waals surface area (Å²) in [6.07, 6.45) is 1.63. The number of hydrogen-bond donors (Lipinski definition) is 2. The van der Waals surface area contributed by atoms with Crippen LogP contribution in [-0.4, -0.2) is 20.2 Å². The summed E-state index contributed by atoms with van der Waals surface area (Å²) in [6, 6.07) is 18.4. The average Bonchev–Trinajstić information content (AvgIpc) is 3.23. The highest BCUT2D eigenvalue weighted by atomic mass is 19.1. The first-order valence-corrected chi connectivity index (χ1v) is 9.02. The van der Waals surface area contributed by atoms with Crippen molar-refractivity contribution >= 4 is 5.95 Å². The smallest absolute Gasteiger partial charge is 0.223 e. The van der Waals surface area contributed by atoms with Crippen LogP contribution in [-0.2, 0) is 6.54 Å². The first kappa shape index (κ1) is 18.3. The Morgan fingerprint density at radius 3 is 2.76 bits per heavy atom. The lowest BCUT2D eigenvalue weighted by atomic mass is 10.0. The topological polar surface area (TPSA) is 90.3 Å². The molecule has 0 fully saturated rings. The van der Waals surface area contributed by atoms with Crippen LogP contribution in [0.15, 0.2) is 60.8 Å². The SMILES string of the molecule is Cc1cnc(NCc2cc(-c3ccccc3)[nH]n2)nc1-c1cccc(C#N)c1F. The molecule has 7 heteroatoms. The molecule has 0 saturated heterocycles. The molecule has 2 aromatic carbocycles. The van der Waals surface area contributed by atoms with E-state index in [9.17, 15) is 4.39 Å². The fourth-order valence-electron chi connectivity index (χ4n) is 2.99. The molecular weight excluding hydrogens is 367 g/mol. The molecule has 0 unspecified atom stereocenters. The molecule has 29 heavy (non-hydrogen) atoms. The third kappa shape index (κ3) is 3.82. The molecule has 0 atom stereocenters. The van der Waals surface area contributed by atoms with E-state index in [1.54, 1.807) is 25.3 Å².